The minimum absolute atomic E-state index is 0.0169. The highest BCUT2D eigenvalue weighted by atomic mass is 16.1. The Labute approximate surface area is 99.9 Å². The van der Waals surface area contributed by atoms with Gasteiger partial charge in [0.15, 0.2) is 0 Å². The lowest BCUT2D eigenvalue weighted by molar-refractivity contribution is -0.118. The van der Waals surface area contributed by atoms with Crippen LogP contribution in [-0.2, 0) is 11.8 Å². The Morgan fingerprint density at radius 1 is 1.53 bits per heavy atom. The Balaban J connectivity index is 2.13. The van der Waals surface area contributed by atoms with E-state index in [0.29, 0.717) is 6.54 Å². The molecule has 0 radical (unpaired) electrons. The molecule has 2 rings (SSSR count). The van der Waals surface area contributed by atoms with Crippen LogP contribution in [0.15, 0.2) is 30.5 Å². The van der Waals surface area contributed by atoms with Gasteiger partial charge in [-0.05, 0) is 11.6 Å². The van der Waals surface area contributed by atoms with Crippen LogP contribution in [0.4, 0.5) is 0 Å². The molecule has 0 aliphatic heterocycles. The summed E-state index contributed by atoms with van der Waals surface area (Å²) in [7, 11) is 1.92. The Morgan fingerprint density at radius 2 is 2.35 bits per heavy atom. The summed E-state index contributed by atoms with van der Waals surface area (Å²) in [5.41, 5.74) is 2.21. The van der Waals surface area contributed by atoms with E-state index in [0.717, 1.165) is 16.5 Å². The maximum Gasteiger partial charge on any atom is 0.217 e. The summed E-state index contributed by atoms with van der Waals surface area (Å²) in [6.45, 7) is 2.06. The van der Waals surface area contributed by atoms with Crippen LogP contribution in [0, 0.1) is 0 Å². The molecule has 0 atom stereocenters. The van der Waals surface area contributed by atoms with Gasteiger partial charge in [0.2, 0.25) is 5.91 Å². The third kappa shape index (κ3) is 2.72. The van der Waals surface area contributed by atoms with E-state index in [4.69, 9.17) is 0 Å². The Bertz CT molecular complexity index is 569. The van der Waals surface area contributed by atoms with E-state index in [1.165, 1.54) is 6.92 Å². The van der Waals surface area contributed by atoms with E-state index in [-0.39, 0.29) is 5.91 Å². The fourth-order valence-electron chi connectivity index (χ4n) is 1.66. The quantitative estimate of drug-likeness (QED) is 0.871. The number of rotatable bonds is 3. The second kappa shape index (κ2) is 4.82. The normalized spacial score (nSPS) is 11.2. The van der Waals surface area contributed by atoms with Crippen molar-refractivity contribution in [2.75, 3.05) is 6.54 Å². The van der Waals surface area contributed by atoms with Crippen molar-refractivity contribution in [2.45, 2.75) is 6.92 Å². The zero-order chi connectivity index (χ0) is 12.3. The standard InChI is InChI=1S/C13H15N3O/c1-10(17)14-7-3-4-11-5-6-12-9-15-16(2)13(12)8-11/h3-6,8-9H,7H2,1-2H3,(H,14,17). The molecular weight excluding hydrogens is 214 g/mol. The minimum Gasteiger partial charge on any atom is -0.353 e. The first-order chi connectivity index (χ1) is 8.16. The van der Waals surface area contributed by atoms with Gasteiger partial charge in [-0.2, -0.15) is 5.10 Å². The Morgan fingerprint density at radius 3 is 3.12 bits per heavy atom. The largest absolute Gasteiger partial charge is 0.353 e. The van der Waals surface area contributed by atoms with Gasteiger partial charge < -0.3 is 5.32 Å². The van der Waals surface area contributed by atoms with Crippen LogP contribution in [-0.4, -0.2) is 22.2 Å². The van der Waals surface area contributed by atoms with Crippen molar-refractivity contribution in [3.05, 3.63) is 36.0 Å². The Hall–Kier alpha value is -2.10. The van der Waals surface area contributed by atoms with Gasteiger partial charge in [0.25, 0.3) is 0 Å². The van der Waals surface area contributed by atoms with Gasteiger partial charge in [0.05, 0.1) is 11.7 Å². The summed E-state index contributed by atoms with van der Waals surface area (Å²) in [5, 5.41) is 8.04. The highest BCUT2D eigenvalue weighted by Crippen LogP contribution is 2.15. The second-order valence-corrected chi connectivity index (χ2v) is 3.93. The highest BCUT2D eigenvalue weighted by Gasteiger charge is 1.98. The van der Waals surface area contributed by atoms with Gasteiger partial charge in [-0.25, -0.2) is 0 Å². The molecule has 0 unspecified atom stereocenters. The summed E-state index contributed by atoms with van der Waals surface area (Å²) < 4.78 is 1.85. The molecule has 0 saturated carbocycles. The first-order valence-corrected chi connectivity index (χ1v) is 5.49. The molecular formula is C13H15N3O. The maximum absolute atomic E-state index is 10.7. The molecule has 1 aromatic carbocycles. The number of hydrogen-bond acceptors (Lipinski definition) is 2. The van der Waals surface area contributed by atoms with Crippen LogP contribution < -0.4 is 5.32 Å². The number of benzene rings is 1. The lowest BCUT2D eigenvalue weighted by Gasteiger charge is -1.98. The van der Waals surface area contributed by atoms with Crippen molar-refractivity contribution < 1.29 is 4.79 Å². The van der Waals surface area contributed by atoms with Gasteiger partial charge in [0, 0.05) is 25.9 Å². The highest BCUT2D eigenvalue weighted by molar-refractivity contribution is 5.81. The van der Waals surface area contributed by atoms with E-state index in [9.17, 15) is 4.79 Å². The SMILES string of the molecule is CC(=O)NCC=Cc1ccc2cnn(C)c2c1. The predicted molar refractivity (Wildman–Crippen MR) is 68.4 cm³/mol. The molecule has 1 amide bonds. The summed E-state index contributed by atoms with van der Waals surface area (Å²) >= 11 is 0. The molecule has 0 fully saturated rings. The van der Waals surface area contributed by atoms with Crippen LogP contribution in [0.1, 0.15) is 12.5 Å². The molecule has 0 saturated heterocycles. The summed E-state index contributed by atoms with van der Waals surface area (Å²) in [4.78, 5) is 10.7. The zero-order valence-electron chi connectivity index (χ0n) is 9.97. The Kier molecular flexibility index (Phi) is 3.23. The van der Waals surface area contributed by atoms with Crippen LogP contribution >= 0.6 is 0 Å². The average Bonchev–Trinajstić information content (AvgIpc) is 2.66. The molecule has 0 aliphatic rings. The van der Waals surface area contributed by atoms with Crippen LogP contribution in [0.3, 0.4) is 0 Å². The lowest BCUT2D eigenvalue weighted by Crippen LogP contribution is -2.19. The number of fused-ring (bicyclic) bond motifs is 1. The third-order valence-electron chi connectivity index (χ3n) is 2.55. The third-order valence-corrected chi connectivity index (χ3v) is 2.55. The molecule has 0 spiro atoms. The number of nitrogens with one attached hydrogen (secondary N) is 1. The van der Waals surface area contributed by atoms with Crippen LogP contribution in [0.5, 0.6) is 0 Å². The van der Waals surface area contributed by atoms with Gasteiger partial charge in [0.1, 0.15) is 0 Å². The number of amides is 1. The maximum atomic E-state index is 10.7. The fraction of sp³-hybridized carbons (Fsp3) is 0.231. The molecule has 0 aliphatic carbocycles. The van der Waals surface area contributed by atoms with Gasteiger partial charge >= 0.3 is 0 Å². The van der Waals surface area contributed by atoms with E-state index in [1.807, 2.05) is 42.2 Å². The number of nitrogens with zero attached hydrogens (tertiary/aromatic N) is 2. The molecule has 4 heteroatoms. The molecule has 1 heterocycles. The number of carbonyl (C=O) groups is 1. The first-order valence-electron chi connectivity index (χ1n) is 5.49. The van der Waals surface area contributed by atoms with Gasteiger partial charge in [-0.15, -0.1) is 0 Å². The fourth-order valence-corrected chi connectivity index (χ4v) is 1.66. The van der Waals surface area contributed by atoms with Crippen molar-refractivity contribution in [1.82, 2.24) is 15.1 Å². The summed E-state index contributed by atoms with van der Waals surface area (Å²) in [6.07, 6.45) is 5.77. The molecule has 1 aromatic heterocycles. The molecule has 1 N–H and O–H groups in total. The van der Waals surface area contributed by atoms with E-state index in [1.54, 1.807) is 0 Å². The second-order valence-electron chi connectivity index (χ2n) is 3.93. The van der Waals surface area contributed by atoms with Crippen LogP contribution in [0.2, 0.25) is 0 Å². The first kappa shape index (κ1) is 11.4. The van der Waals surface area contributed by atoms with E-state index >= 15 is 0 Å². The summed E-state index contributed by atoms with van der Waals surface area (Å²) in [5.74, 6) is -0.0169. The number of aryl methyl sites for hydroxylation is 1. The zero-order valence-corrected chi connectivity index (χ0v) is 9.97. The summed E-state index contributed by atoms with van der Waals surface area (Å²) in [6, 6.07) is 6.15. The smallest absolute Gasteiger partial charge is 0.217 e. The topological polar surface area (TPSA) is 46.9 Å². The molecule has 4 nitrogen and oxygen atoms in total. The van der Waals surface area contributed by atoms with Crippen LogP contribution in [0.25, 0.3) is 17.0 Å². The van der Waals surface area contributed by atoms with Crippen molar-refractivity contribution in [2.24, 2.45) is 7.05 Å². The number of carbonyl (C=O) groups excluding carboxylic acids is 1. The van der Waals surface area contributed by atoms with Gasteiger partial charge in [-0.1, -0.05) is 24.3 Å². The average molecular weight is 229 g/mol. The minimum atomic E-state index is -0.0169. The van der Waals surface area contributed by atoms with Crippen molar-refractivity contribution in [3.8, 4) is 0 Å². The van der Waals surface area contributed by atoms with E-state index < -0.39 is 0 Å². The van der Waals surface area contributed by atoms with Crippen molar-refractivity contribution in [3.63, 3.8) is 0 Å². The molecule has 0 bridgehead atoms. The monoisotopic (exact) mass is 229 g/mol. The number of hydrogen-bond donors (Lipinski definition) is 1. The predicted octanol–water partition coefficient (Wildman–Crippen LogP) is 1.72. The molecule has 88 valence electrons. The number of aromatic nitrogens is 2. The van der Waals surface area contributed by atoms with Gasteiger partial charge in [-0.3, -0.25) is 9.48 Å². The lowest BCUT2D eigenvalue weighted by atomic mass is 10.1. The van der Waals surface area contributed by atoms with E-state index in [2.05, 4.69) is 16.5 Å². The molecule has 17 heavy (non-hydrogen) atoms. The molecule has 2 aromatic rings. The van der Waals surface area contributed by atoms with Crippen molar-refractivity contribution >= 4 is 22.9 Å². The van der Waals surface area contributed by atoms with Crippen molar-refractivity contribution in [1.29, 1.82) is 0 Å².